The van der Waals surface area contributed by atoms with E-state index in [-0.39, 0.29) is 19.1 Å². The highest BCUT2D eigenvalue weighted by atomic mass is 16.5. The van der Waals surface area contributed by atoms with Gasteiger partial charge in [0.1, 0.15) is 11.5 Å². The predicted molar refractivity (Wildman–Crippen MR) is 80.4 cm³/mol. The Balaban J connectivity index is 2.25. The fourth-order valence-electron chi connectivity index (χ4n) is 1.89. The number of carbonyl (C=O) groups is 1. The first-order chi connectivity index (χ1) is 10.1. The number of hydrogen-bond donors (Lipinski definition) is 1. The van der Waals surface area contributed by atoms with Crippen LogP contribution in [0.4, 0.5) is 0 Å². The summed E-state index contributed by atoms with van der Waals surface area (Å²) >= 11 is 0. The van der Waals surface area contributed by atoms with Crippen LogP contribution in [-0.4, -0.2) is 31.2 Å². The molecule has 108 valence electrons. The van der Waals surface area contributed by atoms with Crippen LogP contribution in [0.15, 0.2) is 24.3 Å². The lowest BCUT2D eigenvalue weighted by Gasteiger charge is -2.11. The maximum absolute atomic E-state index is 11.5. The van der Waals surface area contributed by atoms with Crippen LogP contribution in [0, 0.1) is 19.3 Å². The number of benzene rings is 1. The average Bonchev–Trinajstić information content (AvgIpc) is 2.50. The van der Waals surface area contributed by atoms with E-state index >= 15 is 0 Å². The highest BCUT2D eigenvalue weighted by molar-refractivity contribution is 5.87. The summed E-state index contributed by atoms with van der Waals surface area (Å²) in [5, 5.41) is 3.34. The molecule has 1 N–H and O–H groups in total. The second kappa shape index (κ2) is 6.62. The van der Waals surface area contributed by atoms with Gasteiger partial charge in [-0.2, -0.15) is 0 Å². The number of ether oxygens (including phenoxy) is 2. The van der Waals surface area contributed by atoms with Gasteiger partial charge in [0, 0.05) is 17.1 Å². The number of carbonyl (C=O) groups excluding carboxylic acids is 1. The molecular weight excluding hydrogens is 268 g/mol. The van der Waals surface area contributed by atoms with Crippen molar-refractivity contribution < 1.29 is 14.3 Å². The summed E-state index contributed by atoms with van der Waals surface area (Å²) in [6, 6.07) is 7.30. The van der Waals surface area contributed by atoms with Crippen LogP contribution in [0.25, 0.3) is 10.9 Å². The van der Waals surface area contributed by atoms with Crippen LogP contribution >= 0.6 is 0 Å². The molecule has 0 unspecified atom stereocenters. The molecule has 5 nitrogen and oxygen atoms in total. The summed E-state index contributed by atoms with van der Waals surface area (Å²) in [7, 11) is 1.59. The number of rotatable bonds is 5. The molecule has 1 amide bonds. The number of nitrogens with zero attached hydrogens (tertiary/aromatic N) is 1. The zero-order chi connectivity index (χ0) is 15.2. The Morgan fingerprint density at radius 2 is 2.24 bits per heavy atom. The van der Waals surface area contributed by atoms with E-state index in [9.17, 15) is 4.79 Å². The van der Waals surface area contributed by atoms with Crippen molar-refractivity contribution in [3.05, 3.63) is 30.0 Å². The molecule has 0 aliphatic rings. The minimum Gasteiger partial charge on any atom is -0.497 e. The molecule has 5 heteroatoms. The van der Waals surface area contributed by atoms with Crippen LogP contribution in [0.5, 0.6) is 11.5 Å². The number of fused-ring (bicyclic) bond motifs is 1. The summed E-state index contributed by atoms with van der Waals surface area (Å²) in [5.74, 6) is 3.36. The summed E-state index contributed by atoms with van der Waals surface area (Å²) in [6.45, 7) is 1.96. The lowest BCUT2D eigenvalue weighted by molar-refractivity contribution is -0.122. The molecule has 0 spiro atoms. The number of amides is 1. The van der Waals surface area contributed by atoms with E-state index in [1.807, 2.05) is 25.1 Å². The van der Waals surface area contributed by atoms with Crippen LogP contribution in [0.2, 0.25) is 0 Å². The number of terminal acetylenes is 1. The van der Waals surface area contributed by atoms with Crippen LogP contribution in [0.1, 0.15) is 5.69 Å². The van der Waals surface area contributed by atoms with Crippen molar-refractivity contribution in [3.8, 4) is 23.8 Å². The zero-order valence-electron chi connectivity index (χ0n) is 12.0. The minimum absolute atomic E-state index is 0.0998. The topological polar surface area (TPSA) is 60.5 Å². The maximum Gasteiger partial charge on any atom is 0.258 e. The summed E-state index contributed by atoms with van der Waals surface area (Å²) < 4.78 is 10.8. The molecule has 0 radical (unpaired) electrons. The van der Waals surface area contributed by atoms with Gasteiger partial charge in [0.05, 0.1) is 19.2 Å². The van der Waals surface area contributed by atoms with Gasteiger partial charge in [-0.25, -0.2) is 0 Å². The Kier molecular flexibility index (Phi) is 4.62. The molecule has 0 atom stereocenters. The van der Waals surface area contributed by atoms with Crippen LogP contribution in [-0.2, 0) is 4.79 Å². The zero-order valence-corrected chi connectivity index (χ0v) is 12.0. The van der Waals surface area contributed by atoms with E-state index in [2.05, 4.69) is 16.2 Å². The standard InChI is InChI=1S/C16H16N2O3/c1-4-7-17-16(19)10-21-15-8-11(2)18-14-6-5-12(20-3)9-13(14)15/h1,5-6,8-9H,7,10H2,2-3H3,(H,17,19). The van der Waals surface area contributed by atoms with Crippen molar-refractivity contribution in [2.45, 2.75) is 6.92 Å². The molecule has 1 aromatic carbocycles. The molecule has 0 bridgehead atoms. The molecule has 0 aliphatic heterocycles. The quantitative estimate of drug-likeness (QED) is 0.849. The third-order valence-electron chi connectivity index (χ3n) is 2.85. The Morgan fingerprint density at radius 3 is 2.95 bits per heavy atom. The number of hydrogen-bond acceptors (Lipinski definition) is 4. The Morgan fingerprint density at radius 1 is 1.43 bits per heavy atom. The summed E-state index contributed by atoms with van der Waals surface area (Å²) in [6.07, 6.45) is 5.08. The highest BCUT2D eigenvalue weighted by Crippen LogP contribution is 2.28. The molecule has 21 heavy (non-hydrogen) atoms. The third-order valence-corrected chi connectivity index (χ3v) is 2.85. The van der Waals surface area contributed by atoms with Gasteiger partial charge in [0.25, 0.3) is 5.91 Å². The van der Waals surface area contributed by atoms with Crippen LogP contribution in [0.3, 0.4) is 0 Å². The number of methoxy groups -OCH3 is 1. The van der Waals surface area contributed by atoms with Crippen molar-refractivity contribution in [2.75, 3.05) is 20.3 Å². The normalized spacial score (nSPS) is 9.95. The SMILES string of the molecule is C#CCNC(=O)COc1cc(C)nc2ccc(OC)cc12. The molecule has 0 saturated carbocycles. The molecule has 2 rings (SSSR count). The molecular formula is C16H16N2O3. The van der Waals surface area contributed by atoms with Gasteiger partial charge < -0.3 is 14.8 Å². The Labute approximate surface area is 123 Å². The first-order valence-electron chi connectivity index (χ1n) is 6.42. The van der Waals surface area contributed by atoms with E-state index in [1.165, 1.54) is 0 Å². The van der Waals surface area contributed by atoms with Crippen LogP contribution < -0.4 is 14.8 Å². The van der Waals surface area contributed by atoms with E-state index < -0.39 is 0 Å². The predicted octanol–water partition coefficient (Wildman–Crippen LogP) is 1.68. The molecule has 0 saturated heterocycles. The minimum atomic E-state index is -0.265. The van der Waals surface area contributed by atoms with Crippen molar-refractivity contribution in [3.63, 3.8) is 0 Å². The molecule has 2 aromatic rings. The molecule has 1 heterocycles. The van der Waals surface area contributed by atoms with Gasteiger partial charge >= 0.3 is 0 Å². The lowest BCUT2D eigenvalue weighted by atomic mass is 10.1. The summed E-state index contributed by atoms with van der Waals surface area (Å²) in [4.78, 5) is 16.0. The van der Waals surface area contributed by atoms with Gasteiger partial charge in [0.2, 0.25) is 0 Å². The maximum atomic E-state index is 11.5. The molecule has 0 aliphatic carbocycles. The van der Waals surface area contributed by atoms with Crippen molar-refractivity contribution >= 4 is 16.8 Å². The second-order valence-electron chi connectivity index (χ2n) is 4.41. The first kappa shape index (κ1) is 14.7. The van der Waals surface area contributed by atoms with Gasteiger partial charge in [-0.3, -0.25) is 9.78 Å². The van der Waals surface area contributed by atoms with E-state index in [0.717, 1.165) is 16.6 Å². The number of aromatic nitrogens is 1. The fraction of sp³-hybridized carbons (Fsp3) is 0.250. The van der Waals surface area contributed by atoms with Gasteiger partial charge in [0.15, 0.2) is 6.61 Å². The van der Waals surface area contributed by atoms with Crippen molar-refractivity contribution in [1.82, 2.24) is 10.3 Å². The van der Waals surface area contributed by atoms with Crippen molar-refractivity contribution in [2.24, 2.45) is 0 Å². The van der Waals surface area contributed by atoms with Gasteiger partial charge in [-0.1, -0.05) is 5.92 Å². The molecule has 0 fully saturated rings. The highest BCUT2D eigenvalue weighted by Gasteiger charge is 2.09. The monoisotopic (exact) mass is 284 g/mol. The number of aryl methyl sites for hydroxylation is 1. The lowest BCUT2D eigenvalue weighted by Crippen LogP contribution is -2.29. The Hall–Kier alpha value is -2.74. The summed E-state index contributed by atoms with van der Waals surface area (Å²) in [5.41, 5.74) is 1.60. The average molecular weight is 284 g/mol. The second-order valence-corrected chi connectivity index (χ2v) is 4.41. The Bertz CT molecular complexity index is 704. The number of pyridine rings is 1. The van der Waals surface area contributed by atoms with Crippen molar-refractivity contribution in [1.29, 1.82) is 0 Å². The first-order valence-corrected chi connectivity index (χ1v) is 6.42. The molecule has 1 aromatic heterocycles. The third kappa shape index (κ3) is 3.63. The van der Waals surface area contributed by atoms with E-state index in [4.69, 9.17) is 15.9 Å². The largest absolute Gasteiger partial charge is 0.497 e. The number of nitrogens with one attached hydrogen (secondary N) is 1. The smallest absolute Gasteiger partial charge is 0.258 e. The van der Waals surface area contributed by atoms with Gasteiger partial charge in [-0.15, -0.1) is 6.42 Å². The fourth-order valence-corrected chi connectivity index (χ4v) is 1.89. The van der Waals surface area contributed by atoms with E-state index in [0.29, 0.717) is 11.5 Å². The van der Waals surface area contributed by atoms with Gasteiger partial charge in [-0.05, 0) is 25.1 Å². The van der Waals surface area contributed by atoms with E-state index in [1.54, 1.807) is 13.2 Å².